The third-order valence-electron chi connectivity index (χ3n) is 3.05. The maximum absolute atomic E-state index is 13.2. The average molecular weight is 293 g/mol. The van der Waals surface area contributed by atoms with E-state index < -0.39 is 24.1 Å². The Balaban J connectivity index is 3.11. The topological polar surface area (TPSA) is 33.0 Å². The van der Waals surface area contributed by atoms with Crippen molar-refractivity contribution in [2.24, 2.45) is 0 Å². The van der Waals surface area contributed by atoms with Gasteiger partial charge in [-0.3, -0.25) is 0 Å². The molecule has 0 saturated heterocycles. The number of nitrogens with zero attached hydrogens (tertiary/aromatic N) is 1. The largest absolute Gasteiger partial charge is 0.453 e. The summed E-state index contributed by atoms with van der Waals surface area (Å²) in [6, 6.07) is 7.09. The van der Waals surface area contributed by atoms with Crippen molar-refractivity contribution in [3.63, 3.8) is 0 Å². The summed E-state index contributed by atoms with van der Waals surface area (Å²) in [7, 11) is 1.06. The van der Waals surface area contributed by atoms with Gasteiger partial charge in [0.25, 0.3) is 0 Å². The molecule has 0 aliphatic carbocycles. The molecule has 1 rings (SSSR count). The SMILES string of the molecule is COC(C)(CC(F)(F)C(F)(F)F)c1ccc(C#N)cc1. The Hall–Kier alpha value is -1.68. The van der Waals surface area contributed by atoms with Crippen molar-refractivity contribution in [1.82, 2.24) is 0 Å². The second-order valence-electron chi connectivity index (χ2n) is 4.50. The van der Waals surface area contributed by atoms with Crippen LogP contribution in [0.15, 0.2) is 24.3 Å². The molecule has 1 aromatic carbocycles. The molecule has 7 heteroatoms. The van der Waals surface area contributed by atoms with Gasteiger partial charge < -0.3 is 4.74 Å². The van der Waals surface area contributed by atoms with Gasteiger partial charge in [0.05, 0.1) is 23.7 Å². The Bertz CT molecular complexity index is 503. The number of methoxy groups -OCH3 is 1. The van der Waals surface area contributed by atoms with Gasteiger partial charge in [0.2, 0.25) is 0 Å². The van der Waals surface area contributed by atoms with Crippen LogP contribution in [0, 0.1) is 11.3 Å². The Labute approximate surface area is 112 Å². The molecule has 0 N–H and O–H groups in total. The number of nitriles is 1. The van der Waals surface area contributed by atoms with E-state index in [1.165, 1.54) is 24.3 Å². The first-order chi connectivity index (χ1) is 9.05. The Morgan fingerprint density at radius 3 is 1.95 bits per heavy atom. The predicted octanol–water partition coefficient (Wildman–Crippen LogP) is 4.01. The molecule has 2 nitrogen and oxygen atoms in total. The van der Waals surface area contributed by atoms with Crippen molar-refractivity contribution < 1.29 is 26.7 Å². The zero-order valence-corrected chi connectivity index (χ0v) is 10.8. The molecular formula is C13H12F5NO. The lowest BCUT2D eigenvalue weighted by molar-refractivity contribution is -0.298. The molecule has 0 amide bonds. The quantitative estimate of drug-likeness (QED) is 0.786. The number of hydrogen-bond donors (Lipinski definition) is 0. The molecular weight excluding hydrogens is 281 g/mol. The van der Waals surface area contributed by atoms with E-state index >= 15 is 0 Å². The maximum atomic E-state index is 13.2. The number of benzene rings is 1. The predicted molar refractivity (Wildman–Crippen MR) is 61.1 cm³/mol. The van der Waals surface area contributed by atoms with Gasteiger partial charge in [-0.2, -0.15) is 27.2 Å². The Morgan fingerprint density at radius 2 is 1.60 bits per heavy atom. The standard InChI is InChI=1S/C13H12F5NO/c1-11(20-2,8-12(14,15)13(16,17)18)10-5-3-9(7-19)4-6-10/h3-6H,8H2,1-2H3. The minimum absolute atomic E-state index is 0.142. The van der Waals surface area contributed by atoms with E-state index in [2.05, 4.69) is 0 Å². The molecule has 1 unspecified atom stereocenters. The Morgan fingerprint density at radius 1 is 1.10 bits per heavy atom. The molecule has 0 saturated carbocycles. The summed E-state index contributed by atoms with van der Waals surface area (Å²) in [5, 5.41) is 8.63. The van der Waals surface area contributed by atoms with E-state index in [-0.39, 0.29) is 11.1 Å². The van der Waals surface area contributed by atoms with E-state index in [9.17, 15) is 22.0 Å². The van der Waals surface area contributed by atoms with Gasteiger partial charge in [-0.05, 0) is 24.6 Å². The molecule has 0 fully saturated rings. The van der Waals surface area contributed by atoms with Crippen molar-refractivity contribution >= 4 is 0 Å². The minimum atomic E-state index is -5.64. The molecule has 0 aromatic heterocycles. The number of hydrogen-bond acceptors (Lipinski definition) is 2. The first-order valence-electron chi connectivity index (χ1n) is 5.56. The summed E-state index contributed by atoms with van der Waals surface area (Å²) in [4.78, 5) is 0. The fourth-order valence-corrected chi connectivity index (χ4v) is 1.71. The van der Waals surface area contributed by atoms with Crippen molar-refractivity contribution in [2.45, 2.75) is 31.0 Å². The van der Waals surface area contributed by atoms with E-state index in [0.29, 0.717) is 0 Å². The zero-order valence-electron chi connectivity index (χ0n) is 10.8. The van der Waals surface area contributed by atoms with Crippen LogP contribution in [0.1, 0.15) is 24.5 Å². The Kier molecular flexibility index (Phi) is 4.39. The summed E-state index contributed by atoms with van der Waals surface area (Å²) < 4.78 is 68.1. The van der Waals surface area contributed by atoms with Gasteiger partial charge in [0.1, 0.15) is 0 Å². The summed E-state index contributed by atoms with van der Waals surface area (Å²) in [6.45, 7) is 1.15. The van der Waals surface area contributed by atoms with Crippen LogP contribution in [-0.4, -0.2) is 19.2 Å². The minimum Gasteiger partial charge on any atom is -0.374 e. The van der Waals surface area contributed by atoms with Crippen LogP contribution in [0.4, 0.5) is 22.0 Å². The van der Waals surface area contributed by atoms with Crippen molar-refractivity contribution in [1.29, 1.82) is 5.26 Å². The highest BCUT2D eigenvalue weighted by atomic mass is 19.4. The van der Waals surface area contributed by atoms with E-state index in [1.54, 1.807) is 0 Å². The molecule has 0 heterocycles. The molecule has 1 atom stereocenters. The van der Waals surface area contributed by atoms with Crippen molar-refractivity contribution in [3.8, 4) is 6.07 Å². The van der Waals surface area contributed by atoms with Gasteiger partial charge in [-0.25, -0.2) is 0 Å². The summed E-state index contributed by atoms with van der Waals surface area (Å²) in [5.41, 5.74) is -1.40. The number of rotatable bonds is 4. The van der Waals surface area contributed by atoms with Gasteiger partial charge >= 0.3 is 12.1 Å². The lowest BCUT2D eigenvalue weighted by atomic mass is 9.88. The van der Waals surface area contributed by atoms with Crippen LogP contribution in [0.5, 0.6) is 0 Å². The zero-order chi connectivity index (χ0) is 15.6. The van der Waals surface area contributed by atoms with Gasteiger partial charge in [-0.15, -0.1) is 0 Å². The highest BCUT2D eigenvalue weighted by Crippen LogP contribution is 2.45. The fraction of sp³-hybridized carbons (Fsp3) is 0.462. The smallest absolute Gasteiger partial charge is 0.374 e. The van der Waals surface area contributed by atoms with Crippen LogP contribution < -0.4 is 0 Å². The second kappa shape index (κ2) is 5.37. The third kappa shape index (κ3) is 3.25. The van der Waals surface area contributed by atoms with Gasteiger partial charge in [0, 0.05) is 7.11 Å². The van der Waals surface area contributed by atoms with Gasteiger partial charge in [-0.1, -0.05) is 12.1 Å². The van der Waals surface area contributed by atoms with E-state index in [4.69, 9.17) is 10.00 Å². The highest BCUT2D eigenvalue weighted by Gasteiger charge is 2.60. The van der Waals surface area contributed by atoms with Crippen molar-refractivity contribution in [3.05, 3.63) is 35.4 Å². The number of ether oxygens (including phenoxy) is 1. The van der Waals surface area contributed by atoms with Crippen LogP contribution in [0.25, 0.3) is 0 Å². The number of halogens is 5. The molecule has 0 bridgehead atoms. The average Bonchev–Trinajstić information content (AvgIpc) is 2.37. The van der Waals surface area contributed by atoms with Crippen LogP contribution in [0.3, 0.4) is 0 Å². The monoisotopic (exact) mass is 293 g/mol. The molecule has 0 aliphatic heterocycles. The lowest BCUT2D eigenvalue weighted by Crippen LogP contribution is -2.43. The maximum Gasteiger partial charge on any atom is 0.453 e. The number of alkyl halides is 5. The summed E-state index contributed by atoms with van der Waals surface area (Å²) in [6.07, 6.45) is -7.18. The summed E-state index contributed by atoms with van der Waals surface area (Å²) >= 11 is 0. The highest BCUT2D eigenvalue weighted by molar-refractivity contribution is 5.34. The normalized spacial score (nSPS) is 15.5. The lowest BCUT2D eigenvalue weighted by Gasteiger charge is -2.33. The fourth-order valence-electron chi connectivity index (χ4n) is 1.71. The van der Waals surface area contributed by atoms with E-state index in [1.807, 2.05) is 6.07 Å². The third-order valence-corrected chi connectivity index (χ3v) is 3.05. The first-order valence-corrected chi connectivity index (χ1v) is 5.56. The first kappa shape index (κ1) is 16.4. The molecule has 110 valence electrons. The van der Waals surface area contributed by atoms with Crippen LogP contribution in [0.2, 0.25) is 0 Å². The van der Waals surface area contributed by atoms with Crippen LogP contribution in [-0.2, 0) is 10.3 Å². The molecule has 20 heavy (non-hydrogen) atoms. The van der Waals surface area contributed by atoms with Gasteiger partial charge in [0.15, 0.2) is 0 Å². The van der Waals surface area contributed by atoms with Crippen LogP contribution >= 0.6 is 0 Å². The molecule has 1 aromatic rings. The molecule has 0 aliphatic rings. The molecule has 0 spiro atoms. The van der Waals surface area contributed by atoms with E-state index in [0.717, 1.165) is 14.0 Å². The van der Waals surface area contributed by atoms with Crippen molar-refractivity contribution in [2.75, 3.05) is 7.11 Å². The summed E-state index contributed by atoms with van der Waals surface area (Å²) in [5.74, 6) is -4.87. The molecule has 0 radical (unpaired) electrons. The second-order valence-corrected chi connectivity index (χ2v) is 4.50.